The normalized spacial score (nSPS) is 15.7. The molecule has 14 heteroatoms. The molecule has 2 aromatic carbocycles. The number of hydrogen-bond acceptors (Lipinski definition) is 6. The van der Waals surface area contributed by atoms with E-state index in [-0.39, 0.29) is 40.7 Å². The molecule has 0 spiro atoms. The summed E-state index contributed by atoms with van der Waals surface area (Å²) in [5.74, 6) is 0.637. The Balaban J connectivity index is 1.57. The van der Waals surface area contributed by atoms with E-state index in [9.17, 15) is 26.3 Å². The van der Waals surface area contributed by atoms with Crippen molar-refractivity contribution in [3.8, 4) is 11.5 Å². The first-order valence-corrected chi connectivity index (χ1v) is 12.1. The van der Waals surface area contributed by atoms with Crippen molar-refractivity contribution in [2.75, 3.05) is 0 Å². The largest absolute Gasteiger partial charge is 0.461 e. The van der Waals surface area contributed by atoms with Gasteiger partial charge in [0.15, 0.2) is 5.76 Å². The van der Waals surface area contributed by atoms with Crippen LogP contribution in [0, 0.1) is 0 Å². The van der Waals surface area contributed by atoms with Crippen LogP contribution in [0.5, 0.6) is 11.5 Å². The Morgan fingerprint density at radius 3 is 2.27 bits per heavy atom. The molecule has 0 radical (unpaired) electrons. The molecule has 0 saturated carbocycles. The lowest BCUT2D eigenvalue weighted by molar-refractivity contribution is -0.143. The van der Waals surface area contributed by atoms with Gasteiger partial charge < -0.3 is 18.9 Å². The molecule has 40 heavy (non-hydrogen) atoms. The lowest BCUT2D eigenvalue weighted by Gasteiger charge is -2.26. The summed E-state index contributed by atoms with van der Waals surface area (Å²) < 4.78 is 92.8. The zero-order valence-electron chi connectivity index (χ0n) is 19.8. The minimum absolute atomic E-state index is 0.0246. The van der Waals surface area contributed by atoms with Gasteiger partial charge >= 0.3 is 12.4 Å². The standard InChI is InChI=1S/C26H15Cl2F6N3O3/c27-18-3-4-19(28)22(11-18)39-20-5-6-35-12-15(20)13-37-23(21-2-1-7-38-21)36-40-24(37)14-8-16(25(29,30)31)10-17(9-14)26(32,33)34/h1-12,24H,13H2. The van der Waals surface area contributed by atoms with Gasteiger partial charge in [0, 0.05) is 34.6 Å². The van der Waals surface area contributed by atoms with Gasteiger partial charge in [0.2, 0.25) is 12.1 Å². The molecule has 1 aliphatic rings. The summed E-state index contributed by atoms with van der Waals surface area (Å²) in [5.41, 5.74) is -3.05. The Morgan fingerprint density at radius 2 is 1.62 bits per heavy atom. The van der Waals surface area contributed by atoms with Crippen LogP contribution in [-0.4, -0.2) is 15.7 Å². The number of halogens is 8. The number of rotatable bonds is 6. The smallest absolute Gasteiger partial charge is 0.416 e. The van der Waals surface area contributed by atoms with Crippen LogP contribution in [0.4, 0.5) is 26.3 Å². The van der Waals surface area contributed by atoms with Crippen molar-refractivity contribution in [2.45, 2.75) is 25.1 Å². The summed E-state index contributed by atoms with van der Waals surface area (Å²) in [6.45, 7) is -0.177. The molecule has 0 amide bonds. The van der Waals surface area contributed by atoms with Gasteiger partial charge in [-0.3, -0.25) is 4.98 Å². The summed E-state index contributed by atoms with van der Waals surface area (Å²) in [5, 5.41) is 4.52. The molecule has 5 rings (SSSR count). The van der Waals surface area contributed by atoms with E-state index in [0.717, 1.165) is 0 Å². The van der Waals surface area contributed by atoms with Crippen molar-refractivity contribution < 1.29 is 40.3 Å². The Morgan fingerprint density at radius 1 is 0.900 bits per heavy atom. The maximum absolute atomic E-state index is 13.6. The van der Waals surface area contributed by atoms with Gasteiger partial charge in [-0.25, -0.2) is 0 Å². The summed E-state index contributed by atoms with van der Waals surface area (Å²) in [6.07, 6.45) is -7.42. The van der Waals surface area contributed by atoms with Gasteiger partial charge in [0.1, 0.15) is 11.5 Å². The molecular formula is C26H15Cl2F6N3O3. The summed E-state index contributed by atoms with van der Waals surface area (Å²) in [7, 11) is 0. The third kappa shape index (κ3) is 5.82. The summed E-state index contributed by atoms with van der Waals surface area (Å²) >= 11 is 12.3. The maximum Gasteiger partial charge on any atom is 0.416 e. The van der Waals surface area contributed by atoms with Gasteiger partial charge in [-0.15, -0.1) is 0 Å². The van der Waals surface area contributed by atoms with E-state index in [1.807, 2.05) is 0 Å². The van der Waals surface area contributed by atoms with Gasteiger partial charge in [0.05, 0.1) is 29.0 Å². The summed E-state index contributed by atoms with van der Waals surface area (Å²) in [6, 6.07) is 10.3. The number of alkyl halides is 6. The highest BCUT2D eigenvalue weighted by Crippen LogP contribution is 2.41. The molecule has 0 saturated heterocycles. The first-order chi connectivity index (χ1) is 18.9. The minimum Gasteiger partial charge on any atom is -0.461 e. The van der Waals surface area contributed by atoms with Crippen LogP contribution in [0.3, 0.4) is 0 Å². The highest BCUT2D eigenvalue weighted by molar-refractivity contribution is 6.34. The summed E-state index contributed by atoms with van der Waals surface area (Å²) in [4.78, 5) is 10.8. The predicted molar refractivity (Wildman–Crippen MR) is 132 cm³/mol. The van der Waals surface area contributed by atoms with E-state index in [1.54, 1.807) is 6.07 Å². The highest BCUT2D eigenvalue weighted by atomic mass is 35.5. The first-order valence-electron chi connectivity index (χ1n) is 11.3. The van der Waals surface area contributed by atoms with Crippen molar-refractivity contribution in [2.24, 2.45) is 5.16 Å². The van der Waals surface area contributed by atoms with E-state index >= 15 is 0 Å². The molecule has 0 bridgehead atoms. The quantitative estimate of drug-likeness (QED) is 0.207. The minimum atomic E-state index is -5.05. The van der Waals surface area contributed by atoms with Gasteiger partial charge in [-0.05, 0) is 48.5 Å². The lowest BCUT2D eigenvalue weighted by Crippen LogP contribution is -2.31. The third-order valence-electron chi connectivity index (χ3n) is 5.74. The Hall–Kier alpha value is -3.90. The van der Waals surface area contributed by atoms with Crippen molar-refractivity contribution in [1.29, 1.82) is 0 Å². The van der Waals surface area contributed by atoms with Crippen molar-refractivity contribution in [1.82, 2.24) is 9.88 Å². The number of hydrogen-bond donors (Lipinski definition) is 0. The predicted octanol–water partition coefficient (Wildman–Crippen LogP) is 8.70. The van der Waals surface area contributed by atoms with Gasteiger partial charge in [-0.2, -0.15) is 26.3 Å². The van der Waals surface area contributed by atoms with Crippen molar-refractivity contribution in [3.63, 3.8) is 0 Å². The second kappa shape index (κ2) is 10.6. The molecule has 4 aromatic rings. The zero-order chi connectivity index (χ0) is 28.7. The molecule has 2 aromatic heterocycles. The van der Waals surface area contributed by atoms with E-state index in [0.29, 0.717) is 22.7 Å². The average molecular weight is 602 g/mol. The number of benzene rings is 2. The third-order valence-corrected chi connectivity index (χ3v) is 6.29. The SMILES string of the molecule is FC(F)(F)c1cc(C2ON=C(c3ccco3)N2Cc2cnccc2Oc2cc(Cl)ccc2Cl)cc(C(F)(F)F)c1. The molecule has 0 fully saturated rings. The number of pyridine rings is 1. The van der Waals surface area contributed by atoms with Crippen molar-refractivity contribution >= 4 is 29.0 Å². The average Bonchev–Trinajstić information content (AvgIpc) is 3.56. The molecular weight excluding hydrogens is 587 g/mol. The van der Waals surface area contributed by atoms with Crippen molar-refractivity contribution in [3.05, 3.63) is 111 Å². The van der Waals surface area contributed by atoms with Crippen LogP contribution >= 0.6 is 23.2 Å². The van der Waals surface area contributed by atoms with Crippen LogP contribution in [0.1, 0.15) is 34.2 Å². The number of nitrogens with zero attached hydrogens (tertiary/aromatic N) is 3. The Labute approximate surface area is 232 Å². The topological polar surface area (TPSA) is 60.1 Å². The highest BCUT2D eigenvalue weighted by Gasteiger charge is 2.41. The second-order valence-corrected chi connectivity index (χ2v) is 9.32. The zero-order valence-corrected chi connectivity index (χ0v) is 21.3. The van der Waals surface area contributed by atoms with Crippen LogP contribution in [-0.2, 0) is 23.7 Å². The van der Waals surface area contributed by atoms with Gasteiger partial charge in [-0.1, -0.05) is 28.4 Å². The van der Waals surface area contributed by atoms with Crippen LogP contribution in [0.2, 0.25) is 10.0 Å². The fraction of sp³-hybridized carbons (Fsp3) is 0.154. The molecule has 0 aliphatic carbocycles. The fourth-order valence-corrected chi connectivity index (χ4v) is 4.24. The molecule has 208 valence electrons. The number of furan rings is 1. The van der Waals surface area contributed by atoms with Crippen LogP contribution in [0.25, 0.3) is 0 Å². The van der Waals surface area contributed by atoms with E-state index in [4.69, 9.17) is 37.2 Å². The first kappa shape index (κ1) is 27.7. The number of oxime groups is 1. The Bertz CT molecular complexity index is 1530. The molecule has 6 nitrogen and oxygen atoms in total. The molecule has 3 heterocycles. The number of aromatic nitrogens is 1. The van der Waals surface area contributed by atoms with Crippen LogP contribution in [0.15, 0.2) is 82.8 Å². The number of ether oxygens (including phenoxy) is 1. The van der Waals surface area contributed by atoms with Gasteiger partial charge in [0.25, 0.3) is 0 Å². The molecule has 0 N–H and O–H groups in total. The maximum atomic E-state index is 13.6. The fourth-order valence-electron chi connectivity index (χ4n) is 3.92. The van der Waals surface area contributed by atoms with Crippen LogP contribution < -0.4 is 4.74 Å². The molecule has 1 aliphatic heterocycles. The monoisotopic (exact) mass is 601 g/mol. The number of amidine groups is 1. The van der Waals surface area contributed by atoms with E-state index in [2.05, 4.69) is 10.1 Å². The molecule has 1 unspecified atom stereocenters. The van der Waals surface area contributed by atoms with E-state index in [1.165, 1.54) is 53.9 Å². The molecule has 1 atom stereocenters. The van der Waals surface area contributed by atoms with E-state index < -0.39 is 35.3 Å². The lowest BCUT2D eigenvalue weighted by atomic mass is 10.0. The second-order valence-electron chi connectivity index (χ2n) is 8.48. The Kier molecular flexibility index (Phi) is 7.32.